The van der Waals surface area contributed by atoms with E-state index in [1.165, 1.54) is 18.2 Å². The third kappa shape index (κ3) is 5.63. The number of amides is 2. The van der Waals surface area contributed by atoms with E-state index in [-0.39, 0.29) is 16.9 Å². The largest absolute Gasteiger partial charge is 0.416 e. The smallest absolute Gasteiger partial charge is 0.394 e. The van der Waals surface area contributed by atoms with E-state index in [9.17, 15) is 27.9 Å². The van der Waals surface area contributed by atoms with Crippen molar-refractivity contribution in [2.45, 2.75) is 25.2 Å². The van der Waals surface area contributed by atoms with Crippen LogP contribution in [0.1, 0.15) is 27.0 Å². The highest BCUT2D eigenvalue weighted by Gasteiger charge is 2.31. The highest BCUT2D eigenvalue weighted by molar-refractivity contribution is 6.02. The summed E-state index contributed by atoms with van der Waals surface area (Å²) in [5, 5.41) is 15.3. The van der Waals surface area contributed by atoms with E-state index in [1.54, 1.807) is 23.1 Å². The molecule has 1 aliphatic rings. The van der Waals surface area contributed by atoms with Gasteiger partial charge in [-0.3, -0.25) is 9.59 Å². The third-order valence-electron chi connectivity index (χ3n) is 5.87. The zero-order valence-corrected chi connectivity index (χ0v) is 18.7. The molecule has 182 valence electrons. The molecule has 1 unspecified atom stereocenters. The zero-order valence-electron chi connectivity index (χ0n) is 18.7. The SMILES string of the molecule is O=C(NC(CO)C(=O)N1CCc2ccccc2C1)c1ccccc1Nc1cccc(C(F)(F)F)c1. The van der Waals surface area contributed by atoms with Crippen LogP contribution in [0.4, 0.5) is 24.5 Å². The first-order chi connectivity index (χ1) is 16.8. The lowest BCUT2D eigenvalue weighted by Gasteiger charge is -2.31. The topological polar surface area (TPSA) is 81.7 Å². The zero-order chi connectivity index (χ0) is 25.0. The molecule has 1 heterocycles. The Morgan fingerprint density at radius 2 is 1.69 bits per heavy atom. The summed E-state index contributed by atoms with van der Waals surface area (Å²) in [6.45, 7) is 0.261. The van der Waals surface area contributed by atoms with E-state index < -0.39 is 36.2 Å². The van der Waals surface area contributed by atoms with Gasteiger partial charge in [0, 0.05) is 18.8 Å². The number of rotatable bonds is 6. The first-order valence-corrected chi connectivity index (χ1v) is 11.1. The Morgan fingerprint density at radius 1 is 0.971 bits per heavy atom. The molecule has 3 aromatic carbocycles. The Balaban J connectivity index is 1.48. The van der Waals surface area contributed by atoms with Crippen molar-refractivity contribution in [1.82, 2.24) is 10.2 Å². The van der Waals surface area contributed by atoms with E-state index >= 15 is 0 Å². The Kier molecular flexibility index (Phi) is 7.07. The maximum Gasteiger partial charge on any atom is 0.416 e. The number of aliphatic hydroxyl groups is 1. The van der Waals surface area contributed by atoms with Gasteiger partial charge in [-0.25, -0.2) is 0 Å². The molecule has 3 aromatic rings. The van der Waals surface area contributed by atoms with Crippen LogP contribution < -0.4 is 10.6 Å². The molecule has 0 saturated carbocycles. The van der Waals surface area contributed by atoms with Crippen molar-refractivity contribution in [2.75, 3.05) is 18.5 Å². The molecule has 3 N–H and O–H groups in total. The minimum absolute atomic E-state index is 0.125. The number of carbonyl (C=O) groups is 2. The average molecular weight is 483 g/mol. The fourth-order valence-electron chi connectivity index (χ4n) is 4.04. The van der Waals surface area contributed by atoms with Gasteiger partial charge >= 0.3 is 6.18 Å². The van der Waals surface area contributed by atoms with Crippen molar-refractivity contribution in [3.63, 3.8) is 0 Å². The summed E-state index contributed by atoms with van der Waals surface area (Å²) in [6, 6.07) is 17.5. The predicted molar refractivity (Wildman–Crippen MR) is 125 cm³/mol. The van der Waals surface area contributed by atoms with Crippen LogP contribution in [-0.4, -0.2) is 41.0 Å². The van der Waals surface area contributed by atoms with E-state index in [4.69, 9.17) is 0 Å². The van der Waals surface area contributed by atoms with E-state index in [0.717, 1.165) is 23.3 Å². The molecule has 0 spiro atoms. The van der Waals surface area contributed by atoms with Gasteiger partial charge < -0.3 is 20.6 Å². The second-order valence-corrected chi connectivity index (χ2v) is 8.24. The van der Waals surface area contributed by atoms with Crippen molar-refractivity contribution in [1.29, 1.82) is 0 Å². The van der Waals surface area contributed by atoms with Gasteiger partial charge in [0.15, 0.2) is 0 Å². The number of para-hydroxylation sites is 1. The fourth-order valence-corrected chi connectivity index (χ4v) is 4.04. The lowest BCUT2D eigenvalue weighted by atomic mass is 9.99. The van der Waals surface area contributed by atoms with Crippen molar-refractivity contribution < 1.29 is 27.9 Å². The molecule has 0 aromatic heterocycles. The number of hydrogen-bond donors (Lipinski definition) is 3. The quantitative estimate of drug-likeness (QED) is 0.493. The molecular weight excluding hydrogens is 459 g/mol. The Labute approximate surface area is 200 Å². The number of halogens is 3. The highest BCUT2D eigenvalue weighted by atomic mass is 19.4. The summed E-state index contributed by atoms with van der Waals surface area (Å²) in [7, 11) is 0. The Morgan fingerprint density at radius 3 is 2.43 bits per heavy atom. The molecule has 9 heteroatoms. The molecule has 0 fully saturated rings. The second-order valence-electron chi connectivity index (χ2n) is 8.24. The second kappa shape index (κ2) is 10.2. The van der Waals surface area contributed by atoms with Crippen LogP contribution in [0.25, 0.3) is 0 Å². The summed E-state index contributed by atoms with van der Waals surface area (Å²) in [4.78, 5) is 27.7. The minimum atomic E-state index is -4.50. The van der Waals surface area contributed by atoms with Crippen LogP contribution in [0.15, 0.2) is 72.8 Å². The number of nitrogens with zero attached hydrogens (tertiary/aromatic N) is 1. The van der Waals surface area contributed by atoms with E-state index in [2.05, 4.69) is 10.6 Å². The first kappa shape index (κ1) is 24.3. The number of nitrogens with one attached hydrogen (secondary N) is 2. The van der Waals surface area contributed by atoms with Gasteiger partial charge in [0.1, 0.15) is 6.04 Å². The molecular formula is C26H24F3N3O3. The number of fused-ring (bicyclic) bond motifs is 1. The maximum absolute atomic E-state index is 13.1. The summed E-state index contributed by atoms with van der Waals surface area (Å²) in [5.74, 6) is -1.04. The molecule has 6 nitrogen and oxygen atoms in total. The molecule has 0 aliphatic carbocycles. The van der Waals surface area contributed by atoms with Crippen molar-refractivity contribution >= 4 is 23.2 Å². The lowest BCUT2D eigenvalue weighted by Crippen LogP contribution is -2.51. The van der Waals surface area contributed by atoms with Gasteiger partial charge in [0.05, 0.1) is 23.4 Å². The average Bonchev–Trinajstić information content (AvgIpc) is 2.86. The van der Waals surface area contributed by atoms with E-state index in [1.807, 2.05) is 24.3 Å². The first-order valence-electron chi connectivity index (χ1n) is 11.1. The van der Waals surface area contributed by atoms with Crippen LogP contribution >= 0.6 is 0 Å². The van der Waals surface area contributed by atoms with Crippen LogP contribution in [0.5, 0.6) is 0 Å². The molecule has 0 bridgehead atoms. The van der Waals surface area contributed by atoms with Crippen molar-refractivity contribution in [3.8, 4) is 0 Å². The molecule has 1 atom stereocenters. The van der Waals surface area contributed by atoms with Gasteiger partial charge in [-0.15, -0.1) is 0 Å². The lowest BCUT2D eigenvalue weighted by molar-refractivity contribution is -0.137. The summed E-state index contributed by atoms with van der Waals surface area (Å²) < 4.78 is 39.2. The fraction of sp³-hybridized carbons (Fsp3) is 0.231. The molecule has 0 radical (unpaired) electrons. The van der Waals surface area contributed by atoms with Gasteiger partial charge in [-0.1, -0.05) is 42.5 Å². The number of aliphatic hydroxyl groups excluding tert-OH is 1. The van der Waals surface area contributed by atoms with Gasteiger partial charge in [0.25, 0.3) is 5.91 Å². The molecule has 1 aliphatic heterocycles. The number of anilines is 2. The predicted octanol–water partition coefficient (Wildman–Crippen LogP) is 4.12. The van der Waals surface area contributed by atoms with Gasteiger partial charge in [-0.2, -0.15) is 13.2 Å². The maximum atomic E-state index is 13.1. The van der Waals surface area contributed by atoms with Crippen LogP contribution in [0.2, 0.25) is 0 Å². The Bertz CT molecular complexity index is 1230. The molecule has 2 amide bonds. The van der Waals surface area contributed by atoms with Crippen LogP contribution in [0.3, 0.4) is 0 Å². The summed E-state index contributed by atoms with van der Waals surface area (Å²) >= 11 is 0. The number of benzene rings is 3. The van der Waals surface area contributed by atoms with Gasteiger partial charge in [0.2, 0.25) is 5.91 Å². The minimum Gasteiger partial charge on any atom is -0.394 e. The monoisotopic (exact) mass is 483 g/mol. The van der Waals surface area contributed by atoms with Crippen LogP contribution in [-0.2, 0) is 23.9 Å². The molecule has 35 heavy (non-hydrogen) atoms. The van der Waals surface area contributed by atoms with Crippen molar-refractivity contribution in [2.24, 2.45) is 0 Å². The molecule has 4 rings (SSSR count). The number of alkyl halides is 3. The Hall–Kier alpha value is -3.85. The summed E-state index contributed by atoms with van der Waals surface area (Å²) in [5.41, 5.74) is 1.90. The number of hydrogen-bond acceptors (Lipinski definition) is 4. The number of carbonyl (C=O) groups excluding carboxylic acids is 2. The van der Waals surface area contributed by atoms with E-state index in [0.29, 0.717) is 19.5 Å². The standard InChI is InChI=1S/C26H24F3N3O3/c27-26(28,29)19-8-5-9-20(14-19)30-22-11-4-3-10-21(22)24(34)31-23(16-33)25(35)32-13-12-17-6-1-2-7-18(17)15-32/h1-11,14,23,30,33H,12-13,15-16H2,(H,31,34). The third-order valence-corrected chi connectivity index (χ3v) is 5.87. The highest BCUT2D eigenvalue weighted by Crippen LogP contribution is 2.32. The van der Waals surface area contributed by atoms with Crippen molar-refractivity contribution in [3.05, 3.63) is 95.1 Å². The normalized spacial score (nSPS) is 14.1. The van der Waals surface area contributed by atoms with Crippen LogP contribution in [0, 0.1) is 0 Å². The molecule has 0 saturated heterocycles. The summed E-state index contributed by atoms with van der Waals surface area (Å²) in [6.07, 6.45) is -3.82. The van der Waals surface area contributed by atoms with Gasteiger partial charge in [-0.05, 0) is 47.9 Å².